The number of hydrogen-bond acceptors (Lipinski definition) is 5. The first-order valence-corrected chi connectivity index (χ1v) is 12.1. The summed E-state index contributed by atoms with van der Waals surface area (Å²) in [6.07, 6.45) is 2.54. The van der Waals surface area contributed by atoms with E-state index in [-0.39, 0.29) is 47.3 Å². The van der Waals surface area contributed by atoms with Gasteiger partial charge in [-0.3, -0.25) is 23.9 Å². The van der Waals surface area contributed by atoms with Gasteiger partial charge in [-0.25, -0.2) is 9.78 Å². The van der Waals surface area contributed by atoms with Crippen LogP contribution in [-0.4, -0.2) is 32.9 Å². The number of amides is 2. The van der Waals surface area contributed by atoms with E-state index in [4.69, 9.17) is 11.6 Å². The number of carbonyl (C=O) groups is 2. The van der Waals surface area contributed by atoms with E-state index in [9.17, 15) is 19.2 Å². The third-order valence-electron chi connectivity index (χ3n) is 5.75. The van der Waals surface area contributed by atoms with Gasteiger partial charge in [-0.05, 0) is 55.5 Å². The average molecular weight is 498 g/mol. The Morgan fingerprint density at radius 1 is 1.20 bits per heavy atom. The van der Waals surface area contributed by atoms with E-state index in [1.165, 1.54) is 4.57 Å². The summed E-state index contributed by atoms with van der Waals surface area (Å²) < 4.78 is 1.44. The molecule has 1 fully saturated rings. The molecule has 0 aliphatic heterocycles. The van der Waals surface area contributed by atoms with E-state index in [1.54, 1.807) is 30.3 Å². The van der Waals surface area contributed by atoms with Crippen LogP contribution >= 0.6 is 11.6 Å². The van der Waals surface area contributed by atoms with Gasteiger partial charge >= 0.3 is 5.69 Å². The summed E-state index contributed by atoms with van der Waals surface area (Å²) in [5, 5.41) is 6.27. The van der Waals surface area contributed by atoms with Crippen molar-refractivity contribution >= 4 is 40.1 Å². The van der Waals surface area contributed by atoms with Gasteiger partial charge in [0, 0.05) is 41.8 Å². The summed E-state index contributed by atoms with van der Waals surface area (Å²) in [5.41, 5.74) is 0.631. The Balaban J connectivity index is 1.50. The van der Waals surface area contributed by atoms with Crippen molar-refractivity contribution < 1.29 is 9.59 Å². The van der Waals surface area contributed by atoms with Gasteiger partial charge in [-0.15, -0.1) is 0 Å². The zero-order chi connectivity index (χ0) is 25.1. The van der Waals surface area contributed by atoms with Crippen LogP contribution in [0.4, 0.5) is 5.69 Å². The number of pyridine rings is 1. The number of carbonyl (C=O) groups excluding carboxylic acids is 2. The zero-order valence-corrected chi connectivity index (χ0v) is 20.4. The van der Waals surface area contributed by atoms with Gasteiger partial charge in [0.25, 0.3) is 11.5 Å². The number of rotatable bonds is 9. The molecular weight excluding hydrogens is 470 g/mol. The zero-order valence-electron chi connectivity index (χ0n) is 19.7. The van der Waals surface area contributed by atoms with Gasteiger partial charge in [-0.2, -0.15) is 0 Å². The molecule has 3 aromatic rings. The Kier molecular flexibility index (Phi) is 7.35. The molecular formula is C25H28ClN5O4. The normalized spacial score (nSPS) is 13.3. The van der Waals surface area contributed by atoms with E-state index in [0.29, 0.717) is 29.4 Å². The molecule has 2 aromatic heterocycles. The molecule has 10 heteroatoms. The first-order valence-electron chi connectivity index (χ1n) is 11.7. The molecule has 2 heterocycles. The number of hydrogen-bond donors (Lipinski definition) is 3. The molecule has 35 heavy (non-hydrogen) atoms. The lowest BCUT2D eigenvalue weighted by Crippen LogP contribution is -2.34. The van der Waals surface area contributed by atoms with E-state index in [0.717, 1.165) is 12.8 Å². The number of aromatic amines is 1. The molecule has 1 aromatic carbocycles. The predicted octanol–water partition coefficient (Wildman–Crippen LogP) is 3.42. The third-order valence-corrected chi connectivity index (χ3v) is 6.00. The Labute approximate surface area is 206 Å². The van der Waals surface area contributed by atoms with Crippen LogP contribution in [0.25, 0.3) is 11.0 Å². The summed E-state index contributed by atoms with van der Waals surface area (Å²) in [6, 6.07) is 8.46. The Morgan fingerprint density at radius 2 is 1.91 bits per heavy atom. The molecule has 1 saturated carbocycles. The number of halogens is 1. The van der Waals surface area contributed by atoms with Crippen molar-refractivity contribution in [1.29, 1.82) is 0 Å². The molecule has 0 unspecified atom stereocenters. The van der Waals surface area contributed by atoms with Crippen molar-refractivity contribution in [2.24, 2.45) is 5.92 Å². The highest BCUT2D eigenvalue weighted by Gasteiger charge is 2.28. The van der Waals surface area contributed by atoms with Crippen LogP contribution in [0.3, 0.4) is 0 Å². The van der Waals surface area contributed by atoms with Crippen molar-refractivity contribution in [3.63, 3.8) is 0 Å². The summed E-state index contributed by atoms with van der Waals surface area (Å²) in [4.78, 5) is 57.5. The Bertz CT molecular complexity index is 1370. The monoisotopic (exact) mass is 497 g/mol. The number of anilines is 1. The van der Waals surface area contributed by atoms with E-state index < -0.39 is 17.2 Å². The topological polar surface area (TPSA) is 126 Å². The van der Waals surface area contributed by atoms with Crippen LogP contribution < -0.4 is 21.9 Å². The highest BCUT2D eigenvalue weighted by Crippen LogP contribution is 2.39. The Morgan fingerprint density at radius 3 is 2.57 bits per heavy atom. The van der Waals surface area contributed by atoms with Crippen molar-refractivity contribution in [3.8, 4) is 0 Å². The molecule has 0 radical (unpaired) electrons. The number of fused-ring (bicyclic) bond motifs is 1. The smallest absolute Gasteiger partial charge is 0.330 e. The summed E-state index contributed by atoms with van der Waals surface area (Å²) >= 11 is 5.85. The van der Waals surface area contributed by atoms with Gasteiger partial charge in [0.2, 0.25) is 5.91 Å². The standard InChI is InChI=1S/C25H28ClN5O4/c1-14(2)13-31-22-21(24(34)30-25(31)35)18(12-19(29-22)15-5-6-15)23(33)27-11-3-4-20(32)28-17-9-7-16(26)8-10-17/h7-10,12,14-15H,3-6,11,13H2,1-2H3,(H,27,33)(H,28,32)(H,30,34,35). The average Bonchev–Trinajstić information content (AvgIpc) is 3.65. The predicted molar refractivity (Wildman–Crippen MR) is 135 cm³/mol. The second kappa shape index (κ2) is 10.4. The molecule has 0 bridgehead atoms. The quantitative estimate of drug-likeness (QED) is 0.390. The molecule has 184 valence electrons. The summed E-state index contributed by atoms with van der Waals surface area (Å²) in [7, 11) is 0. The lowest BCUT2D eigenvalue weighted by molar-refractivity contribution is -0.116. The fourth-order valence-electron chi connectivity index (χ4n) is 3.90. The summed E-state index contributed by atoms with van der Waals surface area (Å²) in [6.45, 7) is 4.55. The maximum absolute atomic E-state index is 13.1. The second-order valence-electron chi connectivity index (χ2n) is 9.25. The molecule has 1 aliphatic carbocycles. The van der Waals surface area contributed by atoms with Crippen LogP contribution in [0.5, 0.6) is 0 Å². The minimum atomic E-state index is -0.632. The molecule has 2 amide bonds. The van der Waals surface area contributed by atoms with Crippen LogP contribution in [0.1, 0.15) is 61.5 Å². The lowest BCUT2D eigenvalue weighted by Gasteiger charge is -2.14. The van der Waals surface area contributed by atoms with Gasteiger partial charge in [0.15, 0.2) is 5.65 Å². The van der Waals surface area contributed by atoms with Crippen molar-refractivity contribution in [2.75, 3.05) is 11.9 Å². The van der Waals surface area contributed by atoms with E-state index >= 15 is 0 Å². The Hall–Kier alpha value is -3.46. The van der Waals surface area contributed by atoms with Gasteiger partial charge in [-0.1, -0.05) is 25.4 Å². The third kappa shape index (κ3) is 5.97. The number of H-pyrrole nitrogens is 1. The molecule has 4 rings (SSSR count). The largest absolute Gasteiger partial charge is 0.352 e. The van der Waals surface area contributed by atoms with E-state index in [1.807, 2.05) is 13.8 Å². The highest BCUT2D eigenvalue weighted by molar-refractivity contribution is 6.30. The molecule has 1 aliphatic rings. The highest BCUT2D eigenvalue weighted by atomic mass is 35.5. The SMILES string of the molecule is CC(C)Cn1c(=O)[nH]c(=O)c2c(C(=O)NCCCC(=O)Nc3ccc(Cl)cc3)cc(C3CC3)nc21. The minimum absolute atomic E-state index is 0.104. The second-order valence-corrected chi connectivity index (χ2v) is 9.68. The fourth-order valence-corrected chi connectivity index (χ4v) is 4.02. The van der Waals surface area contributed by atoms with Crippen molar-refractivity contribution in [1.82, 2.24) is 19.9 Å². The number of aromatic nitrogens is 3. The van der Waals surface area contributed by atoms with Gasteiger partial charge in [0.1, 0.15) is 0 Å². The first kappa shape index (κ1) is 24.7. The molecule has 3 N–H and O–H groups in total. The molecule has 9 nitrogen and oxygen atoms in total. The van der Waals surface area contributed by atoms with Crippen LogP contribution in [0.15, 0.2) is 39.9 Å². The van der Waals surface area contributed by atoms with Crippen LogP contribution in [-0.2, 0) is 11.3 Å². The summed E-state index contributed by atoms with van der Waals surface area (Å²) in [5.74, 6) is -0.243. The lowest BCUT2D eigenvalue weighted by atomic mass is 10.1. The first-order chi connectivity index (χ1) is 16.7. The van der Waals surface area contributed by atoms with Crippen molar-refractivity contribution in [2.45, 2.75) is 52.0 Å². The van der Waals surface area contributed by atoms with Crippen LogP contribution in [0.2, 0.25) is 5.02 Å². The van der Waals surface area contributed by atoms with Crippen molar-refractivity contribution in [3.05, 3.63) is 67.4 Å². The molecule has 0 saturated heterocycles. The number of nitrogens with one attached hydrogen (secondary N) is 3. The van der Waals surface area contributed by atoms with Gasteiger partial charge in [0.05, 0.1) is 10.9 Å². The number of nitrogens with zero attached hydrogens (tertiary/aromatic N) is 2. The minimum Gasteiger partial charge on any atom is -0.352 e. The maximum Gasteiger partial charge on any atom is 0.330 e. The molecule has 0 spiro atoms. The maximum atomic E-state index is 13.1. The molecule has 0 atom stereocenters. The van der Waals surface area contributed by atoms with Crippen LogP contribution in [0, 0.1) is 5.92 Å². The van der Waals surface area contributed by atoms with E-state index in [2.05, 4.69) is 20.6 Å². The van der Waals surface area contributed by atoms with Gasteiger partial charge < -0.3 is 10.6 Å². The number of benzene rings is 1. The fraction of sp³-hybridized carbons (Fsp3) is 0.400.